The molecule has 0 fully saturated rings. The second kappa shape index (κ2) is 12.7. The van der Waals surface area contributed by atoms with Crippen LogP contribution in [0.5, 0.6) is 5.75 Å². The molecule has 21 heavy (non-hydrogen) atoms. The Hall–Kier alpha value is -0.970. The summed E-state index contributed by atoms with van der Waals surface area (Å²) in [6.07, 6.45) is 2.25. The van der Waals surface area contributed by atoms with E-state index in [1.54, 1.807) is 6.07 Å². The second-order valence-electron chi connectivity index (χ2n) is 4.48. The molecule has 0 heterocycles. The predicted molar refractivity (Wildman–Crippen MR) is 89.6 cm³/mol. The molecule has 0 saturated heterocycles. The molecule has 0 unspecified atom stereocenters. The van der Waals surface area contributed by atoms with Gasteiger partial charge in [0.05, 0.1) is 11.6 Å². The fourth-order valence-electron chi connectivity index (χ4n) is 1.66. The molecule has 0 aliphatic carbocycles. The van der Waals surface area contributed by atoms with Gasteiger partial charge in [-0.15, -0.1) is 12.4 Å². The average Bonchev–Trinajstić information content (AvgIpc) is 2.45. The minimum atomic E-state index is 0. The third kappa shape index (κ3) is 9.56. The van der Waals surface area contributed by atoms with E-state index in [1.165, 1.54) is 0 Å². The fraction of sp³-hybridized carbons (Fsp3) is 0.533. The lowest BCUT2D eigenvalue weighted by Gasteiger charge is -2.08. The van der Waals surface area contributed by atoms with Crippen LogP contribution >= 0.6 is 24.0 Å². The molecule has 1 aromatic carbocycles. The van der Waals surface area contributed by atoms with Crippen molar-refractivity contribution in [2.75, 3.05) is 26.2 Å². The van der Waals surface area contributed by atoms with E-state index < -0.39 is 0 Å². The first-order valence-electron chi connectivity index (χ1n) is 7.08. The molecular formula is C15H24Cl2N2O2. The number of carbonyl (C=O) groups is 1. The van der Waals surface area contributed by atoms with Crippen LogP contribution in [0.3, 0.4) is 0 Å². The topological polar surface area (TPSA) is 50.4 Å². The van der Waals surface area contributed by atoms with Crippen molar-refractivity contribution in [2.24, 2.45) is 0 Å². The van der Waals surface area contributed by atoms with Gasteiger partial charge in [0.25, 0.3) is 0 Å². The maximum atomic E-state index is 11.5. The fourth-order valence-corrected chi connectivity index (χ4v) is 1.85. The Labute approximate surface area is 138 Å². The van der Waals surface area contributed by atoms with Gasteiger partial charge in [0.1, 0.15) is 5.75 Å². The molecule has 0 radical (unpaired) electrons. The van der Waals surface area contributed by atoms with Crippen LogP contribution in [-0.4, -0.2) is 32.1 Å². The van der Waals surface area contributed by atoms with Gasteiger partial charge < -0.3 is 15.4 Å². The summed E-state index contributed by atoms with van der Waals surface area (Å²) in [5.41, 5.74) is 0. The molecule has 0 bridgehead atoms. The zero-order valence-corrected chi connectivity index (χ0v) is 13.9. The van der Waals surface area contributed by atoms with Crippen molar-refractivity contribution in [3.8, 4) is 5.75 Å². The Balaban J connectivity index is 0.00000400. The minimum absolute atomic E-state index is 0. The van der Waals surface area contributed by atoms with Crippen LogP contribution in [0, 0.1) is 0 Å². The van der Waals surface area contributed by atoms with Gasteiger partial charge in [-0.25, -0.2) is 0 Å². The maximum absolute atomic E-state index is 11.5. The van der Waals surface area contributed by atoms with Gasteiger partial charge in [-0.3, -0.25) is 4.79 Å². The third-order valence-electron chi connectivity index (χ3n) is 2.69. The number of ether oxygens (including phenoxy) is 1. The van der Waals surface area contributed by atoms with E-state index in [1.807, 2.05) is 18.2 Å². The lowest BCUT2D eigenvalue weighted by molar-refractivity contribution is -0.121. The highest BCUT2D eigenvalue weighted by atomic mass is 35.5. The second-order valence-corrected chi connectivity index (χ2v) is 4.89. The van der Waals surface area contributed by atoms with Crippen molar-refractivity contribution >= 4 is 29.9 Å². The minimum Gasteiger partial charge on any atom is -0.492 e. The van der Waals surface area contributed by atoms with E-state index in [0.29, 0.717) is 36.8 Å². The highest BCUT2D eigenvalue weighted by Gasteiger charge is 2.02. The standard InChI is InChI=1S/C15H23ClN2O2.ClH/c1-2-9-17-10-11-18-15(19)8-5-12-20-14-7-4-3-6-13(14)16;/h3-4,6-7,17H,2,5,8-12H2,1H3,(H,18,19);1H. The molecule has 1 amide bonds. The van der Waals surface area contributed by atoms with E-state index in [2.05, 4.69) is 17.6 Å². The Bertz CT molecular complexity index is 403. The van der Waals surface area contributed by atoms with Crippen LogP contribution in [0.15, 0.2) is 24.3 Å². The third-order valence-corrected chi connectivity index (χ3v) is 3.01. The van der Waals surface area contributed by atoms with Gasteiger partial charge in [0.15, 0.2) is 0 Å². The first-order valence-corrected chi connectivity index (χ1v) is 7.46. The molecule has 6 heteroatoms. The van der Waals surface area contributed by atoms with E-state index in [9.17, 15) is 4.79 Å². The number of benzene rings is 1. The average molecular weight is 335 g/mol. The number of halogens is 2. The van der Waals surface area contributed by atoms with Gasteiger partial charge >= 0.3 is 0 Å². The molecule has 120 valence electrons. The molecule has 2 N–H and O–H groups in total. The molecule has 0 atom stereocenters. The SMILES string of the molecule is CCCNCCNC(=O)CCCOc1ccccc1Cl.Cl. The molecule has 1 rings (SSSR count). The summed E-state index contributed by atoms with van der Waals surface area (Å²) >= 11 is 5.96. The lowest BCUT2D eigenvalue weighted by Crippen LogP contribution is -2.32. The van der Waals surface area contributed by atoms with Crippen molar-refractivity contribution in [1.29, 1.82) is 0 Å². The Morgan fingerprint density at radius 2 is 2.00 bits per heavy atom. The molecule has 1 aromatic rings. The zero-order chi connectivity index (χ0) is 14.6. The summed E-state index contributed by atoms with van der Waals surface area (Å²) in [4.78, 5) is 11.5. The first kappa shape index (κ1) is 20.0. The number of carbonyl (C=O) groups excluding carboxylic acids is 1. The van der Waals surface area contributed by atoms with E-state index in [4.69, 9.17) is 16.3 Å². The zero-order valence-electron chi connectivity index (χ0n) is 12.4. The van der Waals surface area contributed by atoms with Crippen LogP contribution in [-0.2, 0) is 4.79 Å². The van der Waals surface area contributed by atoms with Crippen LogP contribution < -0.4 is 15.4 Å². The van der Waals surface area contributed by atoms with Gasteiger partial charge in [0.2, 0.25) is 5.91 Å². The van der Waals surface area contributed by atoms with Crippen molar-refractivity contribution in [3.63, 3.8) is 0 Å². The molecule has 0 aromatic heterocycles. The number of para-hydroxylation sites is 1. The van der Waals surface area contributed by atoms with Crippen molar-refractivity contribution in [2.45, 2.75) is 26.2 Å². The van der Waals surface area contributed by atoms with Gasteiger partial charge in [0, 0.05) is 19.5 Å². The Morgan fingerprint density at radius 3 is 2.71 bits per heavy atom. The predicted octanol–water partition coefficient (Wildman–Crippen LogP) is 3.04. The first-order chi connectivity index (χ1) is 9.74. The molecule has 0 saturated carbocycles. The molecule has 0 aliphatic heterocycles. The van der Waals surface area contributed by atoms with Crippen molar-refractivity contribution in [1.82, 2.24) is 10.6 Å². The van der Waals surface area contributed by atoms with Gasteiger partial charge in [-0.2, -0.15) is 0 Å². The number of amides is 1. The molecule has 0 spiro atoms. The molecule has 4 nitrogen and oxygen atoms in total. The quantitative estimate of drug-likeness (QED) is 0.646. The number of hydrogen-bond acceptors (Lipinski definition) is 3. The molecular weight excluding hydrogens is 311 g/mol. The van der Waals surface area contributed by atoms with Gasteiger partial charge in [-0.1, -0.05) is 30.7 Å². The summed E-state index contributed by atoms with van der Waals surface area (Å²) < 4.78 is 5.52. The van der Waals surface area contributed by atoms with Crippen LogP contribution in [0.25, 0.3) is 0 Å². The largest absolute Gasteiger partial charge is 0.492 e. The van der Waals surface area contributed by atoms with Gasteiger partial charge in [-0.05, 0) is 31.5 Å². The summed E-state index contributed by atoms with van der Waals surface area (Å²) in [6.45, 7) is 5.08. The highest BCUT2D eigenvalue weighted by Crippen LogP contribution is 2.23. The smallest absolute Gasteiger partial charge is 0.220 e. The Kier molecular flexibility index (Phi) is 12.2. The number of hydrogen-bond donors (Lipinski definition) is 2. The van der Waals surface area contributed by atoms with Crippen LogP contribution in [0.4, 0.5) is 0 Å². The van der Waals surface area contributed by atoms with E-state index in [-0.39, 0.29) is 18.3 Å². The summed E-state index contributed by atoms with van der Waals surface area (Å²) in [5, 5.41) is 6.70. The van der Waals surface area contributed by atoms with Crippen LogP contribution in [0.2, 0.25) is 5.02 Å². The highest BCUT2D eigenvalue weighted by molar-refractivity contribution is 6.32. The molecule has 0 aliphatic rings. The van der Waals surface area contributed by atoms with E-state index >= 15 is 0 Å². The van der Waals surface area contributed by atoms with E-state index in [0.717, 1.165) is 19.5 Å². The summed E-state index contributed by atoms with van der Waals surface area (Å²) in [6, 6.07) is 7.33. The summed E-state index contributed by atoms with van der Waals surface area (Å²) in [7, 11) is 0. The summed E-state index contributed by atoms with van der Waals surface area (Å²) in [5.74, 6) is 0.726. The van der Waals surface area contributed by atoms with Crippen molar-refractivity contribution < 1.29 is 9.53 Å². The lowest BCUT2D eigenvalue weighted by atomic mass is 10.3. The number of nitrogens with one attached hydrogen (secondary N) is 2. The normalized spacial score (nSPS) is 9.81. The Morgan fingerprint density at radius 1 is 1.24 bits per heavy atom. The van der Waals surface area contributed by atoms with Crippen molar-refractivity contribution in [3.05, 3.63) is 29.3 Å². The maximum Gasteiger partial charge on any atom is 0.220 e. The van der Waals surface area contributed by atoms with Crippen LogP contribution in [0.1, 0.15) is 26.2 Å². The number of rotatable bonds is 10. The monoisotopic (exact) mass is 334 g/mol.